The summed E-state index contributed by atoms with van der Waals surface area (Å²) in [6.07, 6.45) is 2.39. The van der Waals surface area contributed by atoms with Crippen molar-refractivity contribution in [1.29, 1.82) is 0 Å². The SMILES string of the molecule is CC1C[C@H]2COc3ncc(N)cc3N2C1=O. The van der Waals surface area contributed by atoms with E-state index in [4.69, 9.17) is 10.5 Å². The quantitative estimate of drug-likeness (QED) is 0.700. The fourth-order valence-corrected chi connectivity index (χ4v) is 2.40. The zero-order valence-electron chi connectivity index (χ0n) is 9.01. The van der Waals surface area contributed by atoms with Gasteiger partial charge in [0.2, 0.25) is 11.8 Å². The van der Waals surface area contributed by atoms with Gasteiger partial charge in [-0.2, -0.15) is 0 Å². The fraction of sp³-hybridized carbons (Fsp3) is 0.455. The normalized spacial score (nSPS) is 27.3. The molecule has 2 aliphatic heterocycles. The molecule has 0 bridgehead atoms. The lowest BCUT2D eigenvalue weighted by atomic mass is 10.1. The molecule has 2 atom stereocenters. The Balaban J connectivity index is 2.10. The number of ether oxygens (including phenoxy) is 1. The number of rotatable bonds is 0. The van der Waals surface area contributed by atoms with Crippen LogP contribution in [0, 0.1) is 5.92 Å². The summed E-state index contributed by atoms with van der Waals surface area (Å²) in [5.74, 6) is 0.704. The first-order chi connectivity index (χ1) is 7.66. The molecule has 1 amide bonds. The molecule has 0 aromatic carbocycles. The highest BCUT2D eigenvalue weighted by Gasteiger charge is 2.42. The summed E-state index contributed by atoms with van der Waals surface area (Å²) < 4.78 is 5.53. The molecule has 5 nitrogen and oxygen atoms in total. The van der Waals surface area contributed by atoms with Crippen LogP contribution in [0.3, 0.4) is 0 Å². The molecule has 0 radical (unpaired) electrons. The number of anilines is 2. The molecule has 2 aliphatic rings. The molecule has 2 N–H and O–H groups in total. The highest BCUT2D eigenvalue weighted by atomic mass is 16.5. The summed E-state index contributed by atoms with van der Waals surface area (Å²) in [5.41, 5.74) is 6.95. The summed E-state index contributed by atoms with van der Waals surface area (Å²) >= 11 is 0. The van der Waals surface area contributed by atoms with Gasteiger partial charge in [0.15, 0.2) is 0 Å². The minimum atomic E-state index is 0.0565. The number of hydrogen-bond acceptors (Lipinski definition) is 4. The lowest BCUT2D eigenvalue weighted by Crippen LogP contribution is -2.41. The number of nitrogens with zero attached hydrogens (tertiary/aromatic N) is 2. The van der Waals surface area contributed by atoms with Crippen molar-refractivity contribution in [2.75, 3.05) is 17.2 Å². The Kier molecular flexibility index (Phi) is 1.83. The molecule has 84 valence electrons. The Morgan fingerprint density at radius 2 is 2.44 bits per heavy atom. The highest BCUT2D eigenvalue weighted by Crippen LogP contribution is 2.39. The summed E-state index contributed by atoms with van der Waals surface area (Å²) in [6, 6.07) is 1.89. The third kappa shape index (κ3) is 1.17. The van der Waals surface area contributed by atoms with E-state index in [1.807, 2.05) is 6.92 Å². The van der Waals surface area contributed by atoms with Gasteiger partial charge in [-0.15, -0.1) is 0 Å². The highest BCUT2D eigenvalue weighted by molar-refractivity contribution is 5.99. The predicted molar refractivity (Wildman–Crippen MR) is 59.2 cm³/mol. The molecule has 0 aliphatic carbocycles. The van der Waals surface area contributed by atoms with Crippen LogP contribution in [-0.4, -0.2) is 23.5 Å². The van der Waals surface area contributed by atoms with Crippen LogP contribution in [0.15, 0.2) is 12.3 Å². The van der Waals surface area contributed by atoms with Crippen molar-refractivity contribution in [3.8, 4) is 5.88 Å². The van der Waals surface area contributed by atoms with Crippen molar-refractivity contribution in [2.24, 2.45) is 5.92 Å². The maximum absolute atomic E-state index is 12.0. The average Bonchev–Trinajstić information content (AvgIpc) is 2.55. The van der Waals surface area contributed by atoms with E-state index >= 15 is 0 Å². The molecule has 16 heavy (non-hydrogen) atoms. The van der Waals surface area contributed by atoms with Gasteiger partial charge in [-0.05, 0) is 12.5 Å². The van der Waals surface area contributed by atoms with E-state index in [1.165, 1.54) is 0 Å². The van der Waals surface area contributed by atoms with E-state index in [9.17, 15) is 4.79 Å². The van der Waals surface area contributed by atoms with E-state index in [0.29, 0.717) is 23.9 Å². The maximum Gasteiger partial charge on any atom is 0.238 e. The van der Waals surface area contributed by atoms with Crippen LogP contribution in [0.4, 0.5) is 11.4 Å². The van der Waals surface area contributed by atoms with Gasteiger partial charge in [-0.25, -0.2) is 4.98 Å². The minimum absolute atomic E-state index is 0.0565. The predicted octanol–water partition coefficient (Wildman–Crippen LogP) is 0.798. The third-order valence-electron chi connectivity index (χ3n) is 3.18. The lowest BCUT2D eigenvalue weighted by Gasteiger charge is -2.30. The van der Waals surface area contributed by atoms with Crippen LogP contribution in [0.2, 0.25) is 0 Å². The first kappa shape index (κ1) is 9.45. The van der Waals surface area contributed by atoms with E-state index in [2.05, 4.69) is 4.98 Å². The molecule has 0 saturated carbocycles. The second-order valence-corrected chi connectivity index (χ2v) is 4.40. The van der Waals surface area contributed by atoms with Gasteiger partial charge in [0.1, 0.15) is 12.3 Å². The first-order valence-corrected chi connectivity index (χ1v) is 5.38. The van der Waals surface area contributed by atoms with Crippen molar-refractivity contribution >= 4 is 17.3 Å². The Bertz CT molecular complexity index is 461. The fourth-order valence-electron chi connectivity index (χ4n) is 2.40. The number of fused-ring (bicyclic) bond motifs is 3. The van der Waals surface area contributed by atoms with E-state index in [0.717, 1.165) is 6.42 Å². The van der Waals surface area contributed by atoms with Gasteiger partial charge < -0.3 is 15.4 Å². The first-order valence-electron chi connectivity index (χ1n) is 5.38. The number of carbonyl (C=O) groups excluding carboxylic acids is 1. The van der Waals surface area contributed by atoms with Gasteiger partial charge in [0, 0.05) is 5.92 Å². The molecule has 0 spiro atoms. The van der Waals surface area contributed by atoms with Gasteiger partial charge >= 0.3 is 0 Å². The summed E-state index contributed by atoms with van der Waals surface area (Å²) in [5, 5.41) is 0. The second kappa shape index (κ2) is 3.10. The Labute approximate surface area is 93.2 Å². The van der Waals surface area contributed by atoms with Gasteiger partial charge in [0.05, 0.1) is 17.9 Å². The number of aromatic nitrogens is 1. The molecule has 1 unspecified atom stereocenters. The minimum Gasteiger partial charge on any atom is -0.474 e. The van der Waals surface area contributed by atoms with Crippen LogP contribution in [0.5, 0.6) is 5.88 Å². The van der Waals surface area contributed by atoms with Crippen LogP contribution < -0.4 is 15.4 Å². The van der Waals surface area contributed by atoms with E-state index in [1.54, 1.807) is 17.2 Å². The van der Waals surface area contributed by atoms with Crippen LogP contribution >= 0.6 is 0 Å². The molecule has 5 heteroatoms. The zero-order chi connectivity index (χ0) is 11.3. The molecule has 1 aromatic heterocycles. The monoisotopic (exact) mass is 219 g/mol. The molecule has 1 aromatic rings. The Hall–Kier alpha value is -1.78. The summed E-state index contributed by atoms with van der Waals surface area (Å²) in [6.45, 7) is 2.47. The number of pyridine rings is 1. The molecular weight excluding hydrogens is 206 g/mol. The second-order valence-electron chi connectivity index (χ2n) is 4.40. The van der Waals surface area contributed by atoms with Crippen molar-refractivity contribution in [2.45, 2.75) is 19.4 Å². The number of amides is 1. The largest absolute Gasteiger partial charge is 0.474 e. The Morgan fingerprint density at radius 1 is 1.62 bits per heavy atom. The average molecular weight is 219 g/mol. The summed E-state index contributed by atoms with van der Waals surface area (Å²) in [7, 11) is 0. The Morgan fingerprint density at radius 3 is 3.25 bits per heavy atom. The van der Waals surface area contributed by atoms with Crippen molar-refractivity contribution < 1.29 is 9.53 Å². The van der Waals surface area contributed by atoms with Crippen LogP contribution in [0.1, 0.15) is 13.3 Å². The summed E-state index contributed by atoms with van der Waals surface area (Å²) in [4.78, 5) is 17.9. The van der Waals surface area contributed by atoms with Crippen molar-refractivity contribution in [1.82, 2.24) is 4.98 Å². The number of carbonyl (C=O) groups is 1. The zero-order valence-corrected chi connectivity index (χ0v) is 9.01. The molecule has 3 rings (SSSR count). The molecular formula is C11H13N3O2. The third-order valence-corrected chi connectivity index (χ3v) is 3.18. The molecule has 1 saturated heterocycles. The maximum atomic E-state index is 12.0. The van der Waals surface area contributed by atoms with Gasteiger partial charge in [0.25, 0.3) is 0 Å². The number of hydrogen-bond donors (Lipinski definition) is 1. The van der Waals surface area contributed by atoms with Gasteiger partial charge in [-0.3, -0.25) is 4.79 Å². The molecule has 1 fully saturated rings. The van der Waals surface area contributed by atoms with Crippen LogP contribution in [-0.2, 0) is 4.79 Å². The van der Waals surface area contributed by atoms with Crippen LogP contribution in [0.25, 0.3) is 0 Å². The standard InChI is InChI=1S/C11H13N3O2/c1-6-2-8-5-16-10-9(14(8)11(6)15)3-7(12)4-13-10/h3-4,6,8H,2,5,12H2,1H3/t6?,8-/m0/s1. The lowest BCUT2D eigenvalue weighted by molar-refractivity contribution is -0.120. The van der Waals surface area contributed by atoms with Gasteiger partial charge in [-0.1, -0.05) is 6.92 Å². The van der Waals surface area contributed by atoms with E-state index < -0.39 is 0 Å². The smallest absolute Gasteiger partial charge is 0.238 e. The topological polar surface area (TPSA) is 68.5 Å². The van der Waals surface area contributed by atoms with Crippen molar-refractivity contribution in [3.05, 3.63) is 12.3 Å². The molecule has 3 heterocycles. The number of nitrogens with two attached hydrogens (primary N) is 1. The van der Waals surface area contributed by atoms with Crippen molar-refractivity contribution in [3.63, 3.8) is 0 Å². The number of nitrogen functional groups attached to an aromatic ring is 1. The van der Waals surface area contributed by atoms with E-state index in [-0.39, 0.29) is 17.9 Å².